The van der Waals surface area contributed by atoms with Crippen LogP contribution in [0.1, 0.15) is 33.6 Å². The summed E-state index contributed by atoms with van der Waals surface area (Å²) in [5.41, 5.74) is 0.429. The van der Waals surface area contributed by atoms with Gasteiger partial charge in [0, 0.05) is 13.6 Å². The second-order valence-corrected chi connectivity index (χ2v) is 9.00. The third kappa shape index (κ3) is 3.17. The van der Waals surface area contributed by atoms with E-state index in [2.05, 4.69) is 5.32 Å². The summed E-state index contributed by atoms with van der Waals surface area (Å²) in [5.74, 6) is -2.16. The average Bonchev–Trinajstić information content (AvgIpc) is 3.30. The number of amides is 3. The summed E-state index contributed by atoms with van der Waals surface area (Å²) < 4.78 is 40.2. The second kappa shape index (κ2) is 7.29. The summed E-state index contributed by atoms with van der Waals surface area (Å²) in [7, 11) is -2.65. The molecule has 1 saturated heterocycles. The van der Waals surface area contributed by atoms with Crippen LogP contribution in [-0.4, -0.2) is 55.0 Å². The quantitative estimate of drug-likeness (QED) is 0.744. The molecular formula is C20H18FN3O5S. The van der Waals surface area contributed by atoms with E-state index in [0.717, 1.165) is 33.5 Å². The Morgan fingerprint density at radius 1 is 1.10 bits per heavy atom. The fourth-order valence-electron chi connectivity index (χ4n) is 3.75. The highest BCUT2D eigenvalue weighted by atomic mass is 32.2. The Hall–Kier alpha value is -3.11. The van der Waals surface area contributed by atoms with Crippen LogP contribution >= 0.6 is 0 Å². The van der Waals surface area contributed by atoms with E-state index in [9.17, 15) is 27.2 Å². The highest BCUT2D eigenvalue weighted by Gasteiger charge is 2.41. The Labute approximate surface area is 172 Å². The van der Waals surface area contributed by atoms with Gasteiger partial charge in [0.2, 0.25) is 15.9 Å². The molecule has 0 aliphatic carbocycles. The zero-order valence-corrected chi connectivity index (χ0v) is 16.8. The van der Waals surface area contributed by atoms with Crippen LogP contribution in [0.5, 0.6) is 0 Å². The van der Waals surface area contributed by atoms with Gasteiger partial charge in [0.05, 0.1) is 21.7 Å². The first-order valence-corrected chi connectivity index (χ1v) is 10.7. The molecule has 2 aliphatic rings. The van der Waals surface area contributed by atoms with Gasteiger partial charge in [-0.2, -0.15) is 4.31 Å². The highest BCUT2D eigenvalue weighted by Crippen LogP contribution is 2.31. The number of halogens is 1. The predicted molar refractivity (Wildman–Crippen MR) is 105 cm³/mol. The maximum atomic E-state index is 13.2. The maximum absolute atomic E-state index is 13.2. The summed E-state index contributed by atoms with van der Waals surface area (Å²) in [6.07, 6.45) is 0.777. The van der Waals surface area contributed by atoms with Crippen molar-refractivity contribution in [1.82, 2.24) is 9.21 Å². The van der Waals surface area contributed by atoms with Gasteiger partial charge in [0.1, 0.15) is 11.9 Å². The molecule has 1 atom stereocenters. The molecule has 0 spiro atoms. The van der Waals surface area contributed by atoms with Gasteiger partial charge in [-0.15, -0.1) is 0 Å². The van der Waals surface area contributed by atoms with Crippen molar-refractivity contribution in [2.45, 2.75) is 23.8 Å². The Kier molecular flexibility index (Phi) is 4.91. The fourth-order valence-corrected chi connectivity index (χ4v) is 5.41. The van der Waals surface area contributed by atoms with Gasteiger partial charge < -0.3 is 5.32 Å². The van der Waals surface area contributed by atoms with Gasteiger partial charge >= 0.3 is 0 Å². The Morgan fingerprint density at radius 2 is 1.80 bits per heavy atom. The normalized spacial score (nSPS) is 19.3. The number of nitrogens with one attached hydrogen (secondary N) is 1. The van der Waals surface area contributed by atoms with E-state index >= 15 is 0 Å². The van der Waals surface area contributed by atoms with Crippen molar-refractivity contribution >= 4 is 33.4 Å². The number of carbonyl (C=O) groups excluding carboxylic acids is 3. The van der Waals surface area contributed by atoms with E-state index in [1.165, 1.54) is 19.2 Å². The van der Waals surface area contributed by atoms with Crippen LogP contribution in [-0.2, 0) is 14.8 Å². The number of imide groups is 1. The predicted octanol–water partition coefficient (Wildman–Crippen LogP) is 1.84. The van der Waals surface area contributed by atoms with Crippen molar-refractivity contribution in [1.29, 1.82) is 0 Å². The molecule has 10 heteroatoms. The summed E-state index contributed by atoms with van der Waals surface area (Å²) in [6.45, 7) is 0.144. The molecule has 2 aliphatic heterocycles. The van der Waals surface area contributed by atoms with Crippen molar-refractivity contribution in [3.05, 3.63) is 59.4 Å². The van der Waals surface area contributed by atoms with E-state index < -0.39 is 39.6 Å². The van der Waals surface area contributed by atoms with Gasteiger partial charge in [-0.1, -0.05) is 6.07 Å². The SMILES string of the molecule is CN1C(=O)c2cccc(NC(=O)[C@H]3CCCN3S(=O)(=O)c3ccc(F)cc3)c2C1=O. The lowest BCUT2D eigenvalue weighted by Gasteiger charge is -2.23. The smallest absolute Gasteiger partial charge is 0.263 e. The molecular weight excluding hydrogens is 413 g/mol. The van der Waals surface area contributed by atoms with Crippen LogP contribution in [0.4, 0.5) is 10.1 Å². The van der Waals surface area contributed by atoms with E-state index in [-0.39, 0.29) is 28.3 Å². The fraction of sp³-hybridized carbons (Fsp3) is 0.250. The number of hydrogen-bond acceptors (Lipinski definition) is 5. The van der Waals surface area contributed by atoms with Crippen molar-refractivity contribution < 1.29 is 27.2 Å². The first kappa shape index (κ1) is 20.2. The number of nitrogens with zero attached hydrogens (tertiary/aromatic N) is 2. The molecule has 2 aromatic rings. The number of carbonyl (C=O) groups is 3. The minimum Gasteiger partial charge on any atom is -0.324 e. The summed E-state index contributed by atoms with van der Waals surface area (Å²) in [5, 5.41) is 2.61. The Balaban J connectivity index is 1.61. The number of fused-ring (bicyclic) bond motifs is 1. The first-order chi connectivity index (χ1) is 14.2. The highest BCUT2D eigenvalue weighted by molar-refractivity contribution is 7.89. The van der Waals surface area contributed by atoms with E-state index in [4.69, 9.17) is 0 Å². The molecule has 4 rings (SSSR count). The number of hydrogen-bond donors (Lipinski definition) is 1. The summed E-state index contributed by atoms with van der Waals surface area (Å²) in [4.78, 5) is 38.3. The molecule has 3 amide bonds. The van der Waals surface area contributed by atoms with Crippen molar-refractivity contribution in [3.8, 4) is 0 Å². The molecule has 8 nitrogen and oxygen atoms in total. The van der Waals surface area contributed by atoms with Crippen LogP contribution in [0, 0.1) is 5.82 Å². The van der Waals surface area contributed by atoms with E-state index in [1.807, 2.05) is 0 Å². The monoisotopic (exact) mass is 431 g/mol. The maximum Gasteiger partial charge on any atom is 0.263 e. The van der Waals surface area contributed by atoms with E-state index in [1.54, 1.807) is 6.07 Å². The third-order valence-electron chi connectivity index (χ3n) is 5.30. The molecule has 2 heterocycles. The van der Waals surface area contributed by atoms with Gasteiger partial charge in [-0.25, -0.2) is 12.8 Å². The van der Waals surface area contributed by atoms with Gasteiger partial charge in [-0.05, 0) is 49.2 Å². The minimum atomic E-state index is -4.01. The van der Waals surface area contributed by atoms with Crippen LogP contribution in [0.25, 0.3) is 0 Å². The first-order valence-electron chi connectivity index (χ1n) is 9.25. The van der Waals surface area contributed by atoms with Crippen LogP contribution in [0.2, 0.25) is 0 Å². The second-order valence-electron chi connectivity index (χ2n) is 7.11. The van der Waals surface area contributed by atoms with E-state index in [0.29, 0.717) is 12.8 Å². The average molecular weight is 431 g/mol. The van der Waals surface area contributed by atoms with Crippen molar-refractivity contribution in [3.63, 3.8) is 0 Å². The third-order valence-corrected chi connectivity index (χ3v) is 7.22. The Morgan fingerprint density at radius 3 is 2.50 bits per heavy atom. The largest absolute Gasteiger partial charge is 0.324 e. The van der Waals surface area contributed by atoms with Gasteiger partial charge in [-0.3, -0.25) is 19.3 Å². The minimum absolute atomic E-state index is 0.0873. The lowest BCUT2D eigenvalue weighted by atomic mass is 10.1. The topological polar surface area (TPSA) is 104 Å². The molecule has 1 fully saturated rings. The van der Waals surface area contributed by atoms with Crippen LogP contribution in [0.15, 0.2) is 47.4 Å². The molecule has 2 aromatic carbocycles. The molecule has 156 valence electrons. The van der Waals surface area contributed by atoms with Crippen molar-refractivity contribution in [2.24, 2.45) is 0 Å². The molecule has 0 aromatic heterocycles. The van der Waals surface area contributed by atoms with Crippen LogP contribution < -0.4 is 5.32 Å². The molecule has 0 radical (unpaired) electrons. The summed E-state index contributed by atoms with van der Waals surface area (Å²) in [6, 6.07) is 7.95. The molecule has 0 bridgehead atoms. The number of rotatable bonds is 4. The van der Waals surface area contributed by atoms with Crippen LogP contribution in [0.3, 0.4) is 0 Å². The van der Waals surface area contributed by atoms with Gasteiger partial charge in [0.25, 0.3) is 11.8 Å². The molecule has 30 heavy (non-hydrogen) atoms. The number of anilines is 1. The molecule has 0 saturated carbocycles. The zero-order valence-electron chi connectivity index (χ0n) is 16.0. The number of sulfonamides is 1. The Bertz CT molecular complexity index is 1160. The molecule has 0 unspecified atom stereocenters. The van der Waals surface area contributed by atoms with Crippen molar-refractivity contribution in [2.75, 3.05) is 18.9 Å². The lowest BCUT2D eigenvalue weighted by molar-refractivity contribution is -0.119. The summed E-state index contributed by atoms with van der Waals surface area (Å²) >= 11 is 0. The standard InChI is InChI=1S/C20H18FN3O5S/c1-23-19(26)14-4-2-5-15(17(14)20(23)27)22-18(25)16-6-3-11-24(16)30(28,29)13-9-7-12(21)8-10-13/h2,4-5,7-10,16H,3,6,11H2,1H3,(H,22,25)/t16-/m1/s1. The number of benzene rings is 2. The molecule has 1 N–H and O–H groups in total. The zero-order chi connectivity index (χ0) is 21.6. The van der Waals surface area contributed by atoms with Gasteiger partial charge in [0.15, 0.2) is 0 Å². The lowest BCUT2D eigenvalue weighted by Crippen LogP contribution is -2.43.